The lowest BCUT2D eigenvalue weighted by atomic mass is 10.2. The fourth-order valence-electron chi connectivity index (χ4n) is 0.779. The zero-order chi connectivity index (χ0) is 8.10. The summed E-state index contributed by atoms with van der Waals surface area (Å²) in [7, 11) is 0. The average molecular weight is 151 g/mol. The third-order valence-corrected chi connectivity index (χ3v) is 1.29. The molecule has 0 aromatic heterocycles. The van der Waals surface area contributed by atoms with Crippen molar-refractivity contribution in [2.45, 2.75) is 6.61 Å². The molecule has 3 nitrogen and oxygen atoms in total. The minimum atomic E-state index is -0.141. The maximum Gasteiger partial charge on any atom is 0.423 e. The molecule has 1 radical (unpaired) electrons. The van der Waals surface area contributed by atoms with Crippen molar-refractivity contribution in [2.75, 3.05) is 0 Å². The van der Waals surface area contributed by atoms with Crippen molar-refractivity contribution >= 4 is 6.47 Å². The Morgan fingerprint density at radius 1 is 1.45 bits per heavy atom. The molecule has 1 N–H and O–H groups in total. The minimum Gasteiger partial charge on any atom is -0.418 e. The molecule has 0 amide bonds. The molecule has 0 bridgehead atoms. The summed E-state index contributed by atoms with van der Waals surface area (Å²) >= 11 is 0. The SMILES string of the molecule is O=[C]Oc1ccccc1CO. The van der Waals surface area contributed by atoms with E-state index in [-0.39, 0.29) is 6.61 Å². The van der Waals surface area contributed by atoms with Crippen molar-refractivity contribution in [3.8, 4) is 5.75 Å². The molecule has 1 rings (SSSR count). The molecule has 0 heterocycles. The van der Waals surface area contributed by atoms with E-state index in [2.05, 4.69) is 4.74 Å². The number of carbonyl (C=O) groups excluding carboxylic acids is 1. The summed E-state index contributed by atoms with van der Waals surface area (Å²) in [5, 5.41) is 8.74. The predicted octanol–water partition coefficient (Wildman–Crippen LogP) is 0.625. The van der Waals surface area contributed by atoms with E-state index in [1.807, 2.05) is 0 Å². The quantitative estimate of drug-likeness (QED) is 0.689. The first-order valence-corrected chi connectivity index (χ1v) is 3.11. The van der Waals surface area contributed by atoms with E-state index in [1.165, 1.54) is 6.47 Å². The zero-order valence-corrected chi connectivity index (χ0v) is 5.78. The molecule has 11 heavy (non-hydrogen) atoms. The smallest absolute Gasteiger partial charge is 0.418 e. The van der Waals surface area contributed by atoms with Crippen molar-refractivity contribution in [1.29, 1.82) is 0 Å². The number of benzene rings is 1. The van der Waals surface area contributed by atoms with Crippen LogP contribution >= 0.6 is 0 Å². The Morgan fingerprint density at radius 3 is 2.82 bits per heavy atom. The van der Waals surface area contributed by atoms with E-state index in [4.69, 9.17) is 5.11 Å². The molecule has 0 spiro atoms. The summed E-state index contributed by atoms with van der Waals surface area (Å²) in [6.45, 7) is 1.16. The lowest BCUT2D eigenvalue weighted by Gasteiger charge is -2.01. The van der Waals surface area contributed by atoms with Gasteiger partial charge in [-0.25, -0.2) is 4.79 Å². The van der Waals surface area contributed by atoms with Gasteiger partial charge < -0.3 is 9.84 Å². The topological polar surface area (TPSA) is 46.5 Å². The van der Waals surface area contributed by atoms with Crippen molar-refractivity contribution in [1.82, 2.24) is 0 Å². The van der Waals surface area contributed by atoms with Gasteiger partial charge in [0.1, 0.15) is 5.75 Å². The molecule has 0 unspecified atom stereocenters. The van der Waals surface area contributed by atoms with Gasteiger partial charge in [-0.3, -0.25) is 0 Å². The Bertz CT molecular complexity index is 245. The standard InChI is InChI=1S/C8H7O3/c9-5-7-3-1-2-4-8(7)11-6-10/h1-4,9H,5H2. The molecule has 0 atom stereocenters. The number of ether oxygens (including phenoxy) is 1. The second-order valence-corrected chi connectivity index (χ2v) is 1.95. The molecular formula is C8H7O3. The van der Waals surface area contributed by atoms with E-state index >= 15 is 0 Å². The molecule has 1 aromatic rings. The van der Waals surface area contributed by atoms with Crippen molar-refractivity contribution < 1.29 is 14.6 Å². The summed E-state index contributed by atoms with van der Waals surface area (Å²) in [5.41, 5.74) is 0.579. The van der Waals surface area contributed by atoms with Gasteiger partial charge in [0.15, 0.2) is 0 Å². The van der Waals surface area contributed by atoms with Crippen LogP contribution in [0.2, 0.25) is 0 Å². The molecule has 0 aliphatic carbocycles. The highest BCUT2D eigenvalue weighted by Crippen LogP contribution is 2.16. The van der Waals surface area contributed by atoms with Gasteiger partial charge in [0.05, 0.1) is 6.61 Å². The first-order valence-electron chi connectivity index (χ1n) is 3.11. The van der Waals surface area contributed by atoms with Crippen LogP contribution in [0.1, 0.15) is 5.56 Å². The van der Waals surface area contributed by atoms with Crippen LogP contribution in [0, 0.1) is 0 Å². The highest BCUT2D eigenvalue weighted by Gasteiger charge is 1.99. The second kappa shape index (κ2) is 3.73. The Labute approximate surface area is 64.2 Å². The van der Waals surface area contributed by atoms with Crippen LogP contribution in [0.15, 0.2) is 24.3 Å². The number of aliphatic hydroxyl groups is 1. The van der Waals surface area contributed by atoms with Crippen LogP contribution in [-0.4, -0.2) is 11.6 Å². The van der Waals surface area contributed by atoms with E-state index in [9.17, 15) is 4.79 Å². The number of hydrogen-bond donors (Lipinski definition) is 1. The van der Waals surface area contributed by atoms with Crippen LogP contribution < -0.4 is 4.74 Å². The maximum atomic E-state index is 9.81. The van der Waals surface area contributed by atoms with Crippen molar-refractivity contribution in [3.05, 3.63) is 29.8 Å². The molecule has 0 fully saturated rings. The predicted molar refractivity (Wildman–Crippen MR) is 38.7 cm³/mol. The Morgan fingerprint density at radius 2 is 2.18 bits per heavy atom. The fourth-order valence-corrected chi connectivity index (χ4v) is 0.779. The number of hydrogen-bond acceptors (Lipinski definition) is 3. The average Bonchev–Trinajstić information content (AvgIpc) is 2.06. The number of rotatable bonds is 3. The summed E-state index contributed by atoms with van der Waals surface area (Å²) in [6, 6.07) is 6.73. The number of para-hydroxylation sites is 1. The van der Waals surface area contributed by atoms with Gasteiger partial charge in [0.25, 0.3) is 0 Å². The molecule has 0 aliphatic heterocycles. The first-order chi connectivity index (χ1) is 5.38. The van der Waals surface area contributed by atoms with Gasteiger partial charge in [-0.05, 0) is 6.07 Å². The third kappa shape index (κ3) is 1.78. The highest BCUT2D eigenvalue weighted by atomic mass is 16.5. The van der Waals surface area contributed by atoms with E-state index in [0.717, 1.165) is 0 Å². The van der Waals surface area contributed by atoms with E-state index < -0.39 is 0 Å². The summed E-state index contributed by atoms with van der Waals surface area (Å²) in [5.74, 6) is 0.352. The van der Waals surface area contributed by atoms with Gasteiger partial charge >= 0.3 is 6.47 Å². The van der Waals surface area contributed by atoms with Crippen LogP contribution in [-0.2, 0) is 11.4 Å². The molecule has 3 heteroatoms. The van der Waals surface area contributed by atoms with Crippen LogP contribution in [0.3, 0.4) is 0 Å². The second-order valence-electron chi connectivity index (χ2n) is 1.95. The third-order valence-electron chi connectivity index (χ3n) is 1.29. The zero-order valence-electron chi connectivity index (χ0n) is 5.78. The van der Waals surface area contributed by atoms with Gasteiger partial charge in [0, 0.05) is 5.56 Å². The molecule has 57 valence electrons. The molecule has 0 saturated heterocycles. The molecule has 0 aliphatic rings. The normalized spacial score (nSPS) is 9.18. The van der Waals surface area contributed by atoms with Gasteiger partial charge in [0.2, 0.25) is 0 Å². The molecular weight excluding hydrogens is 144 g/mol. The lowest BCUT2D eigenvalue weighted by Crippen LogP contribution is -1.93. The summed E-state index contributed by atoms with van der Waals surface area (Å²) in [6.07, 6.45) is 0. The summed E-state index contributed by atoms with van der Waals surface area (Å²) in [4.78, 5) is 9.81. The van der Waals surface area contributed by atoms with Crippen LogP contribution in [0.25, 0.3) is 0 Å². The lowest BCUT2D eigenvalue weighted by molar-refractivity contribution is 0.277. The Balaban J connectivity index is 2.92. The van der Waals surface area contributed by atoms with E-state index in [1.54, 1.807) is 24.3 Å². The van der Waals surface area contributed by atoms with Crippen molar-refractivity contribution in [3.63, 3.8) is 0 Å². The van der Waals surface area contributed by atoms with Gasteiger partial charge in [-0.1, -0.05) is 18.2 Å². The van der Waals surface area contributed by atoms with Crippen LogP contribution in [0.4, 0.5) is 0 Å². The first kappa shape index (κ1) is 7.75. The highest BCUT2D eigenvalue weighted by molar-refractivity contribution is 5.48. The Kier molecular flexibility index (Phi) is 2.63. The van der Waals surface area contributed by atoms with Crippen molar-refractivity contribution in [2.24, 2.45) is 0 Å². The fraction of sp³-hybridized carbons (Fsp3) is 0.125. The molecule has 1 aromatic carbocycles. The summed E-state index contributed by atoms with van der Waals surface area (Å²) < 4.78 is 4.46. The van der Waals surface area contributed by atoms with Gasteiger partial charge in [-0.2, -0.15) is 0 Å². The monoisotopic (exact) mass is 151 g/mol. The van der Waals surface area contributed by atoms with E-state index in [0.29, 0.717) is 11.3 Å². The minimum absolute atomic E-state index is 0.141. The van der Waals surface area contributed by atoms with Gasteiger partial charge in [-0.15, -0.1) is 0 Å². The van der Waals surface area contributed by atoms with Crippen LogP contribution in [0.5, 0.6) is 5.75 Å². The molecule has 0 saturated carbocycles. The Hall–Kier alpha value is -1.35. The maximum absolute atomic E-state index is 9.81. The number of aliphatic hydroxyl groups excluding tert-OH is 1. The largest absolute Gasteiger partial charge is 0.423 e.